The lowest BCUT2D eigenvalue weighted by Gasteiger charge is -2.08. The first-order valence-electron chi connectivity index (χ1n) is 8.70. The summed E-state index contributed by atoms with van der Waals surface area (Å²) in [6.07, 6.45) is 5.10. The maximum atomic E-state index is 12.5. The van der Waals surface area contributed by atoms with Crippen molar-refractivity contribution in [2.75, 3.05) is 12.4 Å². The molecule has 140 valence electrons. The average Bonchev–Trinajstić information content (AvgIpc) is 3.00. The van der Waals surface area contributed by atoms with E-state index in [1.54, 1.807) is 49.8 Å². The lowest BCUT2D eigenvalue weighted by atomic mass is 10.1. The first-order valence-corrected chi connectivity index (χ1v) is 8.70. The van der Waals surface area contributed by atoms with Gasteiger partial charge in [0.2, 0.25) is 0 Å². The summed E-state index contributed by atoms with van der Waals surface area (Å²) in [5.74, 6) is 0.232. The van der Waals surface area contributed by atoms with Gasteiger partial charge in [-0.2, -0.15) is 5.26 Å². The van der Waals surface area contributed by atoms with Gasteiger partial charge in [0, 0.05) is 23.3 Å². The van der Waals surface area contributed by atoms with Gasteiger partial charge < -0.3 is 14.6 Å². The number of amides is 1. The Bertz CT molecular complexity index is 1060. The summed E-state index contributed by atoms with van der Waals surface area (Å²) in [7, 11) is 1.58. The number of ether oxygens (including phenoxy) is 1. The van der Waals surface area contributed by atoms with Gasteiger partial charge in [-0.15, -0.1) is 0 Å². The molecule has 0 spiro atoms. The van der Waals surface area contributed by atoms with Crippen LogP contribution in [0, 0.1) is 25.2 Å². The van der Waals surface area contributed by atoms with Crippen LogP contribution in [0.25, 0.3) is 11.8 Å². The second-order valence-electron chi connectivity index (χ2n) is 6.23. The van der Waals surface area contributed by atoms with Gasteiger partial charge in [0.15, 0.2) is 0 Å². The second kappa shape index (κ2) is 8.23. The highest BCUT2D eigenvalue weighted by molar-refractivity contribution is 6.09. The largest absolute Gasteiger partial charge is 0.497 e. The number of nitrogens with zero attached hydrogens (tertiary/aromatic N) is 3. The number of nitrogens with one attached hydrogen (secondary N) is 1. The normalized spacial score (nSPS) is 11.0. The van der Waals surface area contributed by atoms with E-state index in [0.717, 1.165) is 22.6 Å². The number of carbonyl (C=O) groups is 1. The molecule has 0 fully saturated rings. The topological polar surface area (TPSA) is 79.9 Å². The van der Waals surface area contributed by atoms with Crippen molar-refractivity contribution in [2.45, 2.75) is 13.8 Å². The number of benzene rings is 1. The zero-order chi connectivity index (χ0) is 20.1. The Morgan fingerprint density at radius 1 is 1.25 bits per heavy atom. The van der Waals surface area contributed by atoms with Crippen LogP contribution in [0.3, 0.4) is 0 Å². The third-order valence-corrected chi connectivity index (χ3v) is 4.39. The van der Waals surface area contributed by atoms with Gasteiger partial charge in [-0.3, -0.25) is 9.78 Å². The first kappa shape index (κ1) is 18.9. The fourth-order valence-electron chi connectivity index (χ4n) is 2.99. The number of aromatic nitrogens is 2. The molecule has 1 N–H and O–H groups in total. The molecule has 3 aromatic rings. The quantitative estimate of drug-likeness (QED) is 0.541. The average molecular weight is 372 g/mol. The Hall–Kier alpha value is -3.85. The Labute approximate surface area is 163 Å². The fourth-order valence-corrected chi connectivity index (χ4v) is 2.99. The molecule has 2 heterocycles. The highest BCUT2D eigenvalue weighted by Gasteiger charge is 2.14. The Morgan fingerprint density at radius 2 is 2.00 bits per heavy atom. The first-order chi connectivity index (χ1) is 13.5. The van der Waals surface area contributed by atoms with Crippen molar-refractivity contribution < 1.29 is 9.53 Å². The summed E-state index contributed by atoms with van der Waals surface area (Å²) in [6.45, 7) is 3.92. The van der Waals surface area contributed by atoms with Crippen LogP contribution in [0.15, 0.2) is 60.4 Å². The number of hydrogen-bond donors (Lipinski definition) is 1. The monoisotopic (exact) mass is 372 g/mol. The maximum Gasteiger partial charge on any atom is 0.266 e. The molecule has 0 bridgehead atoms. The molecule has 1 aromatic carbocycles. The predicted molar refractivity (Wildman–Crippen MR) is 108 cm³/mol. The van der Waals surface area contributed by atoms with Crippen molar-refractivity contribution in [2.24, 2.45) is 0 Å². The van der Waals surface area contributed by atoms with Crippen LogP contribution in [0.5, 0.6) is 5.75 Å². The minimum absolute atomic E-state index is 0.0299. The molecule has 0 aliphatic carbocycles. The summed E-state index contributed by atoms with van der Waals surface area (Å²) >= 11 is 0. The smallest absolute Gasteiger partial charge is 0.266 e. The van der Waals surface area contributed by atoms with E-state index in [1.807, 2.05) is 42.7 Å². The van der Waals surface area contributed by atoms with Crippen molar-refractivity contribution in [1.82, 2.24) is 9.55 Å². The molecule has 0 saturated heterocycles. The van der Waals surface area contributed by atoms with Crippen molar-refractivity contribution in [3.8, 4) is 17.5 Å². The predicted octanol–water partition coefficient (Wildman–Crippen LogP) is 4.04. The number of pyridine rings is 1. The molecule has 0 saturated carbocycles. The van der Waals surface area contributed by atoms with Crippen LogP contribution in [-0.4, -0.2) is 22.6 Å². The highest BCUT2D eigenvalue weighted by atomic mass is 16.5. The summed E-state index contributed by atoms with van der Waals surface area (Å²) in [5, 5.41) is 12.2. The second-order valence-corrected chi connectivity index (χ2v) is 6.23. The van der Waals surface area contributed by atoms with Gasteiger partial charge in [-0.25, -0.2) is 0 Å². The summed E-state index contributed by atoms with van der Waals surface area (Å²) < 4.78 is 7.14. The van der Waals surface area contributed by atoms with Gasteiger partial charge in [-0.1, -0.05) is 0 Å². The zero-order valence-electron chi connectivity index (χ0n) is 15.9. The fraction of sp³-hybridized carbons (Fsp3) is 0.136. The standard InChI is InChI=1S/C22H20N4O2/c1-15-11-17(16(2)26(15)20-5-4-10-24-14-20)12-18(13-23)22(27)25-19-6-8-21(28-3)9-7-19/h4-12,14H,1-3H3,(H,25,27)/b18-12-. The van der Waals surface area contributed by atoms with Gasteiger partial charge >= 0.3 is 0 Å². The lowest BCUT2D eigenvalue weighted by molar-refractivity contribution is -0.112. The number of rotatable bonds is 5. The van der Waals surface area contributed by atoms with Gasteiger partial charge in [0.25, 0.3) is 5.91 Å². The van der Waals surface area contributed by atoms with Crippen LogP contribution < -0.4 is 10.1 Å². The van der Waals surface area contributed by atoms with Crippen molar-refractivity contribution >= 4 is 17.7 Å². The van der Waals surface area contributed by atoms with E-state index in [9.17, 15) is 10.1 Å². The van der Waals surface area contributed by atoms with E-state index in [4.69, 9.17) is 4.74 Å². The van der Waals surface area contributed by atoms with Crippen molar-refractivity contribution in [1.29, 1.82) is 5.26 Å². The number of anilines is 1. The minimum Gasteiger partial charge on any atom is -0.497 e. The molecule has 3 rings (SSSR count). The molecule has 0 radical (unpaired) electrons. The molecule has 6 heteroatoms. The summed E-state index contributed by atoms with van der Waals surface area (Å²) in [5.41, 5.74) is 4.27. The SMILES string of the molecule is COc1ccc(NC(=O)/C(C#N)=C\c2cc(C)n(-c3cccnc3)c2C)cc1. The van der Waals surface area contributed by atoms with E-state index in [1.165, 1.54) is 0 Å². The molecule has 0 aliphatic heterocycles. The zero-order valence-corrected chi connectivity index (χ0v) is 15.9. The molecule has 0 aliphatic rings. The van der Waals surface area contributed by atoms with Crippen LogP contribution in [0.1, 0.15) is 17.0 Å². The third kappa shape index (κ3) is 3.94. The molecule has 28 heavy (non-hydrogen) atoms. The van der Waals surface area contributed by atoms with Crippen LogP contribution >= 0.6 is 0 Å². The number of nitriles is 1. The molecule has 1 amide bonds. The molecule has 6 nitrogen and oxygen atoms in total. The van der Waals surface area contributed by atoms with E-state index in [2.05, 4.69) is 10.3 Å². The van der Waals surface area contributed by atoms with Crippen LogP contribution in [-0.2, 0) is 4.79 Å². The van der Waals surface area contributed by atoms with Gasteiger partial charge in [0.05, 0.1) is 19.0 Å². The number of methoxy groups -OCH3 is 1. The maximum absolute atomic E-state index is 12.5. The third-order valence-electron chi connectivity index (χ3n) is 4.39. The van der Waals surface area contributed by atoms with E-state index >= 15 is 0 Å². The number of carbonyl (C=O) groups excluding carboxylic acids is 1. The van der Waals surface area contributed by atoms with E-state index < -0.39 is 5.91 Å². The minimum atomic E-state index is -0.459. The van der Waals surface area contributed by atoms with E-state index in [0.29, 0.717) is 11.4 Å². The highest BCUT2D eigenvalue weighted by Crippen LogP contribution is 2.23. The van der Waals surface area contributed by atoms with Crippen molar-refractivity contribution in [3.63, 3.8) is 0 Å². The number of aryl methyl sites for hydroxylation is 1. The van der Waals surface area contributed by atoms with Crippen LogP contribution in [0.2, 0.25) is 0 Å². The Morgan fingerprint density at radius 3 is 2.61 bits per heavy atom. The molecule has 2 aromatic heterocycles. The molecular formula is C22H20N4O2. The number of hydrogen-bond acceptors (Lipinski definition) is 4. The van der Waals surface area contributed by atoms with Gasteiger partial charge in [0.1, 0.15) is 17.4 Å². The molecule has 0 unspecified atom stereocenters. The van der Waals surface area contributed by atoms with Crippen LogP contribution in [0.4, 0.5) is 5.69 Å². The summed E-state index contributed by atoms with van der Waals surface area (Å²) in [4.78, 5) is 16.7. The Kier molecular flexibility index (Phi) is 5.56. The molecular weight excluding hydrogens is 352 g/mol. The van der Waals surface area contributed by atoms with Gasteiger partial charge in [-0.05, 0) is 68.0 Å². The molecule has 0 atom stereocenters. The lowest BCUT2D eigenvalue weighted by Crippen LogP contribution is -2.13. The van der Waals surface area contributed by atoms with Crippen molar-refractivity contribution in [3.05, 3.63) is 77.4 Å². The van der Waals surface area contributed by atoms with E-state index in [-0.39, 0.29) is 5.57 Å². The summed E-state index contributed by atoms with van der Waals surface area (Å²) in [6, 6.07) is 14.7. The Balaban J connectivity index is 1.88.